The topological polar surface area (TPSA) is 200 Å². The number of anilines is 1. The minimum atomic E-state index is -4.64. The predicted molar refractivity (Wildman–Crippen MR) is 95.5 cm³/mol. The van der Waals surface area contributed by atoms with E-state index in [1.54, 1.807) is 13.1 Å². The van der Waals surface area contributed by atoms with Gasteiger partial charge in [-0.05, 0) is 6.92 Å². The molecule has 0 fully saturated rings. The van der Waals surface area contributed by atoms with E-state index >= 15 is 0 Å². The second kappa shape index (κ2) is 11.3. The van der Waals surface area contributed by atoms with Crippen LogP contribution in [0.5, 0.6) is 0 Å². The van der Waals surface area contributed by atoms with E-state index in [2.05, 4.69) is 14.5 Å². The number of nitrogens with two attached hydrogens (primary N) is 1. The summed E-state index contributed by atoms with van der Waals surface area (Å²) in [6, 6.07) is 0. The Bertz CT molecular complexity index is 863. The summed E-state index contributed by atoms with van der Waals surface area (Å²) in [4.78, 5) is 48.2. The summed E-state index contributed by atoms with van der Waals surface area (Å²) in [5.41, 5.74) is 9.65. The molecule has 0 unspecified atom stereocenters. The number of hydrogen-bond donors (Lipinski definition) is 6. The highest BCUT2D eigenvalue weighted by Crippen LogP contribution is 2.35. The van der Waals surface area contributed by atoms with Crippen LogP contribution in [0.15, 0.2) is 11.7 Å². The lowest BCUT2D eigenvalue weighted by atomic mass is 10.2. The number of hydrogen-bond acceptors (Lipinski definition) is 7. The van der Waals surface area contributed by atoms with Gasteiger partial charge in [-0.1, -0.05) is 11.3 Å². The molecule has 7 N–H and O–H groups in total. The van der Waals surface area contributed by atoms with Crippen molar-refractivity contribution in [1.82, 2.24) is 9.97 Å². The van der Waals surface area contributed by atoms with Gasteiger partial charge in [-0.25, -0.2) is 19.1 Å². The lowest BCUT2D eigenvalue weighted by Crippen LogP contribution is -3.00. The van der Waals surface area contributed by atoms with Crippen molar-refractivity contribution in [3.63, 3.8) is 0 Å². The molecule has 16 heteroatoms. The minimum absolute atomic E-state index is 0. The molecule has 0 aliphatic carbocycles. The van der Waals surface area contributed by atoms with Crippen molar-refractivity contribution in [3.8, 4) is 0 Å². The van der Waals surface area contributed by atoms with Crippen LogP contribution in [0.2, 0.25) is 0 Å². The van der Waals surface area contributed by atoms with E-state index < -0.39 is 15.6 Å². The van der Waals surface area contributed by atoms with Crippen LogP contribution in [0, 0.1) is 13.8 Å². The smallest absolute Gasteiger partial charge is 0.469 e. The van der Waals surface area contributed by atoms with Crippen molar-refractivity contribution in [3.05, 3.63) is 33.7 Å². The van der Waals surface area contributed by atoms with Gasteiger partial charge in [-0.3, -0.25) is 4.52 Å². The average Bonchev–Trinajstić information content (AvgIpc) is 2.80. The highest BCUT2D eigenvalue weighted by Gasteiger charge is 2.19. The molecule has 0 aliphatic heterocycles. The van der Waals surface area contributed by atoms with Crippen LogP contribution in [-0.4, -0.2) is 41.0 Å². The van der Waals surface area contributed by atoms with Crippen LogP contribution in [0.25, 0.3) is 0 Å². The lowest BCUT2D eigenvalue weighted by Gasteiger charge is -2.04. The monoisotopic (exact) mass is 478 g/mol. The zero-order valence-electron chi connectivity index (χ0n) is 14.8. The van der Waals surface area contributed by atoms with Crippen molar-refractivity contribution in [2.24, 2.45) is 0 Å². The van der Waals surface area contributed by atoms with Gasteiger partial charge < -0.3 is 42.6 Å². The van der Waals surface area contributed by atoms with E-state index in [1.807, 2.05) is 17.0 Å². The number of aryl methyl sites for hydroxylation is 1. The van der Waals surface area contributed by atoms with Crippen molar-refractivity contribution in [2.45, 2.75) is 26.8 Å². The molecule has 2 rings (SSSR count). The van der Waals surface area contributed by atoms with E-state index in [4.69, 9.17) is 34.8 Å². The highest BCUT2D eigenvalue weighted by atomic mass is 35.5. The summed E-state index contributed by atoms with van der Waals surface area (Å²) in [6.45, 7) is 4.24. The van der Waals surface area contributed by atoms with Gasteiger partial charge in [0.25, 0.3) is 0 Å². The number of halogens is 1. The molecule has 2 aromatic rings. The van der Waals surface area contributed by atoms with Gasteiger partial charge in [0.05, 0.1) is 17.0 Å². The van der Waals surface area contributed by atoms with Crippen LogP contribution in [0.3, 0.4) is 0 Å². The first-order chi connectivity index (χ1) is 12.3. The average molecular weight is 479 g/mol. The number of aromatic nitrogens is 3. The third-order valence-corrected chi connectivity index (χ3v) is 4.77. The Hall–Kier alpha value is -0.980. The number of nitrogen functional groups attached to an aromatic ring is 1. The van der Waals surface area contributed by atoms with Crippen LogP contribution >= 0.6 is 27.0 Å². The fourth-order valence-electron chi connectivity index (χ4n) is 1.92. The van der Waals surface area contributed by atoms with Gasteiger partial charge >= 0.3 is 15.6 Å². The zero-order valence-corrected chi connectivity index (χ0v) is 18.2. The molecule has 0 spiro atoms. The first-order valence-electron chi connectivity index (χ1n) is 7.29. The van der Waals surface area contributed by atoms with E-state index in [0.29, 0.717) is 24.6 Å². The van der Waals surface area contributed by atoms with Gasteiger partial charge in [-0.2, -0.15) is 4.57 Å². The van der Waals surface area contributed by atoms with Gasteiger partial charge in [0.1, 0.15) is 11.6 Å². The highest BCUT2D eigenvalue weighted by molar-refractivity contribution is 7.46. The maximum Gasteiger partial charge on any atom is 0.469 e. The Balaban J connectivity index is 0.00000108. The molecule has 0 radical (unpaired) electrons. The SMILES string of the molecule is Cc1ncc(C[n+]2csc(CCOP(=O)(O)O)c2C)c(N)n1.O=P(O)(O)O.[Cl-]. The van der Waals surface area contributed by atoms with Crippen molar-refractivity contribution in [1.29, 1.82) is 0 Å². The van der Waals surface area contributed by atoms with E-state index in [9.17, 15) is 4.57 Å². The summed E-state index contributed by atoms with van der Waals surface area (Å²) < 4.78 is 26.0. The molecule has 28 heavy (non-hydrogen) atoms. The summed E-state index contributed by atoms with van der Waals surface area (Å²) in [6.07, 6.45) is 2.15. The quantitative estimate of drug-likeness (QED) is 0.180. The molecule has 0 atom stereocenters. The molecule has 160 valence electrons. The van der Waals surface area contributed by atoms with Gasteiger partial charge in [0, 0.05) is 19.5 Å². The Morgan fingerprint density at radius 1 is 1.21 bits per heavy atom. The summed E-state index contributed by atoms with van der Waals surface area (Å²) >= 11 is 1.50. The summed E-state index contributed by atoms with van der Waals surface area (Å²) in [5, 5.41) is 0. The molecule has 0 bridgehead atoms. The van der Waals surface area contributed by atoms with Crippen LogP contribution < -0.4 is 22.7 Å². The molecular formula is C12H21ClN4O8P2S. The van der Waals surface area contributed by atoms with Crippen molar-refractivity contribution >= 4 is 32.8 Å². The summed E-state index contributed by atoms with van der Waals surface area (Å²) in [5.74, 6) is 1.08. The minimum Gasteiger partial charge on any atom is -1.00 e. The Labute approximate surface area is 171 Å². The molecule has 2 heterocycles. The molecule has 12 nitrogen and oxygen atoms in total. The van der Waals surface area contributed by atoms with E-state index in [-0.39, 0.29) is 19.0 Å². The fourth-order valence-corrected chi connectivity index (χ4v) is 3.23. The third-order valence-electron chi connectivity index (χ3n) is 3.10. The standard InChI is InChI=1S/C12H17N4O4PS.ClH.H3O4P/c1-8-11(3-4-20-21(17,18)19)22-7-16(8)6-10-5-14-9(2)15-12(10)13;;1-5(2,3)4/h5,7H,3-4,6H2,1-2H3,(H3-,13,14,15,17,18,19);1H;(H3,1,2,3,4). The molecule has 0 aromatic carbocycles. The molecular weight excluding hydrogens is 458 g/mol. The van der Waals surface area contributed by atoms with Crippen LogP contribution in [0.1, 0.15) is 22.0 Å². The van der Waals surface area contributed by atoms with Crippen molar-refractivity contribution in [2.75, 3.05) is 12.3 Å². The Kier molecular flexibility index (Phi) is 10.9. The predicted octanol–water partition coefficient (Wildman–Crippen LogP) is -3.20. The second-order valence-corrected chi connectivity index (χ2v) is 8.48. The molecule has 2 aromatic heterocycles. The van der Waals surface area contributed by atoms with Gasteiger partial charge in [0.2, 0.25) is 5.51 Å². The largest absolute Gasteiger partial charge is 1.00 e. The van der Waals surface area contributed by atoms with Gasteiger partial charge in [-0.15, -0.1) is 0 Å². The van der Waals surface area contributed by atoms with Crippen molar-refractivity contribution < 1.29 is 55.1 Å². The number of nitrogens with zero attached hydrogens (tertiary/aromatic N) is 3. The molecule has 0 amide bonds. The molecule has 0 saturated carbocycles. The maximum absolute atomic E-state index is 10.7. The zero-order chi connectivity index (χ0) is 20.8. The number of phosphoric ester groups is 1. The normalized spacial score (nSPS) is 11.4. The molecule has 0 aliphatic rings. The first-order valence-corrected chi connectivity index (χ1v) is 11.3. The number of phosphoric acid groups is 2. The second-order valence-electron chi connectivity index (χ2n) is 5.27. The van der Waals surface area contributed by atoms with Crippen LogP contribution in [0.4, 0.5) is 5.82 Å². The van der Waals surface area contributed by atoms with E-state index in [1.165, 1.54) is 11.3 Å². The fraction of sp³-hybridized carbons (Fsp3) is 0.417. The number of rotatable bonds is 6. The lowest BCUT2D eigenvalue weighted by molar-refractivity contribution is -0.689. The van der Waals surface area contributed by atoms with E-state index in [0.717, 1.165) is 16.1 Å². The van der Waals surface area contributed by atoms with Crippen LogP contribution in [-0.2, 0) is 26.6 Å². The third kappa shape index (κ3) is 11.1. The summed E-state index contributed by atoms with van der Waals surface area (Å²) in [7, 11) is -9.05. The maximum atomic E-state index is 10.7. The first kappa shape index (κ1) is 27.0. The molecule has 0 saturated heterocycles. The Morgan fingerprint density at radius 2 is 1.79 bits per heavy atom. The Morgan fingerprint density at radius 3 is 2.29 bits per heavy atom. The van der Waals surface area contributed by atoms with Gasteiger partial charge in [0.15, 0.2) is 12.2 Å². The number of thiazole rings is 1.